The molecule has 2 rings (SSSR count). The van der Waals surface area contributed by atoms with Crippen LogP contribution in [-0.4, -0.2) is 74.7 Å². The normalized spacial score (nSPS) is 17.2. The minimum Gasteiger partial charge on any atom is -0.357 e. The summed E-state index contributed by atoms with van der Waals surface area (Å²) in [5.74, 6) is 0.964. The van der Waals surface area contributed by atoms with Gasteiger partial charge in [0.1, 0.15) is 0 Å². The summed E-state index contributed by atoms with van der Waals surface area (Å²) in [6.45, 7) is 9.70. The second kappa shape index (κ2) is 14.2. The molecule has 1 saturated heterocycles. The fourth-order valence-corrected chi connectivity index (χ4v) is 3.62. The van der Waals surface area contributed by atoms with Crippen molar-refractivity contribution < 1.29 is 0 Å². The monoisotopic (exact) mass is 501 g/mol. The average molecular weight is 502 g/mol. The van der Waals surface area contributed by atoms with Crippen molar-refractivity contribution in [3.63, 3.8) is 0 Å². The van der Waals surface area contributed by atoms with Gasteiger partial charge in [-0.25, -0.2) is 0 Å². The number of benzene rings is 1. The standard InChI is InChI=1S/C22H39N5.HI/c1-5-14-27-15-12-20(13-16-27)25-22(23-6-2)24-18-21(26(3)4)17-19-10-8-7-9-11-19;/h7-11,20-21H,5-6,12-18H2,1-4H3,(H2,23,24,25);1H. The van der Waals surface area contributed by atoms with Crippen LogP contribution in [0.5, 0.6) is 0 Å². The third kappa shape index (κ3) is 9.09. The molecule has 0 bridgehead atoms. The number of hydrogen-bond acceptors (Lipinski definition) is 3. The van der Waals surface area contributed by atoms with Crippen molar-refractivity contribution in [2.24, 2.45) is 4.99 Å². The van der Waals surface area contributed by atoms with E-state index in [1.165, 1.54) is 44.5 Å². The summed E-state index contributed by atoms with van der Waals surface area (Å²) < 4.78 is 0. The van der Waals surface area contributed by atoms with Gasteiger partial charge < -0.3 is 20.4 Å². The van der Waals surface area contributed by atoms with E-state index in [1.54, 1.807) is 0 Å². The Bertz CT molecular complexity index is 541. The summed E-state index contributed by atoms with van der Waals surface area (Å²) in [4.78, 5) is 9.77. The van der Waals surface area contributed by atoms with Crippen molar-refractivity contribution in [2.75, 3.05) is 46.8 Å². The van der Waals surface area contributed by atoms with Crippen LogP contribution in [0.1, 0.15) is 38.7 Å². The molecular formula is C22H40IN5. The Morgan fingerprint density at radius 3 is 2.43 bits per heavy atom. The molecule has 1 aromatic carbocycles. The van der Waals surface area contributed by atoms with Gasteiger partial charge in [-0.15, -0.1) is 24.0 Å². The van der Waals surface area contributed by atoms with Gasteiger partial charge in [0.25, 0.3) is 0 Å². The zero-order valence-corrected chi connectivity index (χ0v) is 20.5. The molecule has 0 aliphatic carbocycles. The maximum Gasteiger partial charge on any atom is 0.191 e. The maximum atomic E-state index is 4.92. The first-order chi connectivity index (χ1) is 13.1. The molecule has 0 aromatic heterocycles. The molecule has 5 nitrogen and oxygen atoms in total. The Kier molecular flexibility index (Phi) is 12.7. The summed E-state index contributed by atoms with van der Waals surface area (Å²) in [6.07, 6.45) is 4.67. The molecule has 1 heterocycles. The van der Waals surface area contributed by atoms with Crippen LogP contribution in [-0.2, 0) is 6.42 Å². The summed E-state index contributed by atoms with van der Waals surface area (Å²) in [7, 11) is 4.29. The number of aliphatic imine (C=N–C) groups is 1. The van der Waals surface area contributed by atoms with Gasteiger partial charge in [0.15, 0.2) is 5.96 Å². The lowest BCUT2D eigenvalue weighted by molar-refractivity contribution is 0.206. The van der Waals surface area contributed by atoms with E-state index < -0.39 is 0 Å². The summed E-state index contributed by atoms with van der Waals surface area (Å²) >= 11 is 0. The van der Waals surface area contributed by atoms with Crippen molar-refractivity contribution in [3.8, 4) is 0 Å². The number of likely N-dealkylation sites (tertiary alicyclic amines) is 1. The van der Waals surface area contributed by atoms with Gasteiger partial charge >= 0.3 is 0 Å². The van der Waals surface area contributed by atoms with Crippen molar-refractivity contribution in [3.05, 3.63) is 35.9 Å². The highest BCUT2D eigenvalue weighted by Gasteiger charge is 2.19. The van der Waals surface area contributed by atoms with Crippen LogP contribution in [0.3, 0.4) is 0 Å². The Hall–Kier alpha value is -0.860. The zero-order valence-electron chi connectivity index (χ0n) is 18.2. The fraction of sp³-hybridized carbons (Fsp3) is 0.682. The first kappa shape index (κ1) is 25.2. The topological polar surface area (TPSA) is 42.9 Å². The second-order valence-electron chi connectivity index (χ2n) is 7.79. The van der Waals surface area contributed by atoms with E-state index in [9.17, 15) is 0 Å². The van der Waals surface area contributed by atoms with Gasteiger partial charge in [0, 0.05) is 31.7 Å². The molecule has 0 amide bonds. The van der Waals surface area contributed by atoms with Crippen LogP contribution in [0.25, 0.3) is 0 Å². The van der Waals surface area contributed by atoms with E-state index >= 15 is 0 Å². The molecule has 1 aliphatic heterocycles. The van der Waals surface area contributed by atoms with Gasteiger partial charge in [0.2, 0.25) is 0 Å². The van der Waals surface area contributed by atoms with E-state index in [1.807, 2.05) is 0 Å². The highest BCUT2D eigenvalue weighted by molar-refractivity contribution is 14.0. The highest BCUT2D eigenvalue weighted by Crippen LogP contribution is 2.11. The van der Waals surface area contributed by atoms with Gasteiger partial charge in [0.05, 0.1) is 6.54 Å². The van der Waals surface area contributed by atoms with Crippen LogP contribution in [0.4, 0.5) is 0 Å². The highest BCUT2D eigenvalue weighted by atomic mass is 127. The summed E-state index contributed by atoms with van der Waals surface area (Å²) in [5.41, 5.74) is 1.37. The van der Waals surface area contributed by atoms with Gasteiger partial charge in [-0.1, -0.05) is 37.3 Å². The molecule has 0 spiro atoms. The fourth-order valence-electron chi connectivity index (χ4n) is 3.62. The number of likely N-dealkylation sites (N-methyl/N-ethyl adjacent to an activating group) is 1. The molecule has 1 aromatic rings. The number of hydrogen-bond donors (Lipinski definition) is 2. The molecule has 0 saturated carbocycles. The first-order valence-electron chi connectivity index (χ1n) is 10.6. The van der Waals surface area contributed by atoms with Crippen molar-refractivity contribution >= 4 is 29.9 Å². The number of nitrogens with one attached hydrogen (secondary N) is 2. The summed E-state index contributed by atoms with van der Waals surface area (Å²) in [6, 6.07) is 11.6. The van der Waals surface area contributed by atoms with E-state index in [2.05, 4.69) is 78.7 Å². The number of guanidine groups is 1. The minimum atomic E-state index is 0. The van der Waals surface area contributed by atoms with Gasteiger partial charge in [-0.3, -0.25) is 4.99 Å². The van der Waals surface area contributed by atoms with Crippen molar-refractivity contribution in [1.82, 2.24) is 20.4 Å². The molecular weight excluding hydrogens is 461 g/mol. The Morgan fingerprint density at radius 2 is 1.86 bits per heavy atom. The number of rotatable bonds is 9. The molecule has 0 radical (unpaired) electrons. The van der Waals surface area contributed by atoms with E-state index in [0.29, 0.717) is 12.1 Å². The quantitative estimate of drug-likeness (QED) is 0.310. The van der Waals surface area contributed by atoms with Crippen molar-refractivity contribution in [2.45, 2.75) is 51.6 Å². The lowest BCUT2D eigenvalue weighted by Gasteiger charge is -2.33. The van der Waals surface area contributed by atoms with Gasteiger partial charge in [-0.05, 0) is 58.8 Å². The molecule has 160 valence electrons. The SMILES string of the molecule is CCCN1CCC(NC(=NCC(Cc2ccccc2)N(C)C)NCC)CC1.I. The third-order valence-electron chi connectivity index (χ3n) is 5.32. The van der Waals surface area contributed by atoms with E-state index in [4.69, 9.17) is 4.99 Å². The molecule has 1 unspecified atom stereocenters. The number of halogens is 1. The van der Waals surface area contributed by atoms with Crippen LogP contribution in [0, 0.1) is 0 Å². The minimum absolute atomic E-state index is 0. The smallest absolute Gasteiger partial charge is 0.191 e. The average Bonchev–Trinajstić information content (AvgIpc) is 2.67. The molecule has 6 heteroatoms. The first-order valence-corrected chi connectivity index (χ1v) is 10.6. The van der Waals surface area contributed by atoms with Gasteiger partial charge in [-0.2, -0.15) is 0 Å². The molecule has 1 atom stereocenters. The van der Waals surface area contributed by atoms with Crippen LogP contribution in [0.2, 0.25) is 0 Å². The Labute approximate surface area is 189 Å². The van der Waals surface area contributed by atoms with E-state index in [0.717, 1.165) is 25.5 Å². The molecule has 2 N–H and O–H groups in total. The number of nitrogens with zero attached hydrogens (tertiary/aromatic N) is 3. The molecule has 1 aliphatic rings. The van der Waals surface area contributed by atoms with Crippen LogP contribution < -0.4 is 10.6 Å². The zero-order chi connectivity index (χ0) is 19.5. The predicted octanol–water partition coefficient (Wildman–Crippen LogP) is 3.21. The third-order valence-corrected chi connectivity index (χ3v) is 5.32. The van der Waals surface area contributed by atoms with Crippen molar-refractivity contribution in [1.29, 1.82) is 0 Å². The Balaban J connectivity index is 0.00000392. The van der Waals surface area contributed by atoms with Crippen LogP contribution >= 0.6 is 24.0 Å². The van der Waals surface area contributed by atoms with Crippen LogP contribution in [0.15, 0.2) is 35.3 Å². The molecule has 28 heavy (non-hydrogen) atoms. The Morgan fingerprint density at radius 1 is 1.18 bits per heavy atom. The van der Waals surface area contributed by atoms with E-state index in [-0.39, 0.29) is 24.0 Å². The lowest BCUT2D eigenvalue weighted by atomic mass is 10.0. The largest absolute Gasteiger partial charge is 0.357 e. The lowest BCUT2D eigenvalue weighted by Crippen LogP contribution is -2.49. The maximum absolute atomic E-state index is 4.92. The summed E-state index contributed by atoms with van der Waals surface area (Å²) in [5, 5.41) is 7.10. The molecule has 1 fully saturated rings. The number of piperidine rings is 1. The second-order valence-corrected chi connectivity index (χ2v) is 7.79. The predicted molar refractivity (Wildman–Crippen MR) is 132 cm³/mol.